The molecule has 2 saturated heterocycles. The molecule has 5 heterocycles. The lowest BCUT2D eigenvalue weighted by Crippen LogP contribution is -2.50. The number of hydrogen-bond acceptors (Lipinski definition) is 10. The Bertz CT molecular complexity index is 2290. The molecule has 2 N–H and O–H groups in total. The molecule has 0 saturated carbocycles. The molecule has 2 aromatic carbocycles. The second kappa shape index (κ2) is 17.7. The van der Waals surface area contributed by atoms with Crippen LogP contribution in [-0.2, 0) is 29.4 Å². The Kier molecular flexibility index (Phi) is 12.7. The zero-order valence-electron chi connectivity index (χ0n) is 35.0. The number of carbonyl (C=O) groups is 3. The lowest BCUT2D eigenvalue weighted by molar-refractivity contribution is 0.0230. The zero-order valence-corrected chi connectivity index (χ0v) is 35.0. The van der Waals surface area contributed by atoms with Crippen LogP contribution in [0.25, 0.3) is 5.52 Å². The molecule has 59 heavy (non-hydrogen) atoms. The Labute approximate surface area is 343 Å². The van der Waals surface area contributed by atoms with Crippen LogP contribution in [0.4, 0.5) is 21.2 Å². The quantitative estimate of drug-likeness (QED) is 0.215. The maximum Gasteiger partial charge on any atom is 0.410 e. The summed E-state index contributed by atoms with van der Waals surface area (Å²) in [7, 11) is 1.75. The van der Waals surface area contributed by atoms with Crippen molar-refractivity contribution in [2.75, 3.05) is 62.2 Å². The maximum atomic E-state index is 12.9. The van der Waals surface area contributed by atoms with E-state index in [0.717, 1.165) is 22.5 Å². The standard InChI is InChI=1S/C23H29N5O3.C20H26N4O4/c1-23(2,3)31-22(30)27-13-11-26(12-14-27)20-18(16-17-8-6-5-7-9-17)19-21(29)25(4)10-15-28(19)24-20;1-20(2,3)28-19(27)24-11-9-23(10-12-24)17-15(16(18(25)26)21-22-17)13-14-7-5-4-6-8-14/h5-10,15H,11-14,16H2,1-4H3;4-8H,9-13H2,1-3H3,(H,21,22)(H,25,26). The monoisotopic (exact) mass is 809 g/mol. The average molecular weight is 810 g/mol. The van der Waals surface area contributed by atoms with Crippen LogP contribution >= 0.6 is 0 Å². The number of aromatic amines is 1. The van der Waals surface area contributed by atoms with E-state index in [1.165, 1.54) is 0 Å². The lowest BCUT2D eigenvalue weighted by Gasteiger charge is -2.36. The van der Waals surface area contributed by atoms with Gasteiger partial charge in [0.1, 0.15) is 22.4 Å². The van der Waals surface area contributed by atoms with Crippen LogP contribution in [-0.4, -0.2) is 121 Å². The average Bonchev–Trinajstić information content (AvgIpc) is 3.78. The Morgan fingerprint density at radius 2 is 1.14 bits per heavy atom. The number of aromatic nitrogens is 5. The second-order valence-corrected chi connectivity index (χ2v) is 16.7. The van der Waals surface area contributed by atoms with Gasteiger partial charge in [-0.15, -0.1) is 5.10 Å². The van der Waals surface area contributed by atoms with Crippen LogP contribution in [0.15, 0.2) is 77.9 Å². The number of carboxylic acids is 1. The van der Waals surface area contributed by atoms with Crippen LogP contribution in [0.3, 0.4) is 0 Å². The van der Waals surface area contributed by atoms with E-state index in [-0.39, 0.29) is 23.4 Å². The van der Waals surface area contributed by atoms with Crippen LogP contribution in [0.2, 0.25) is 0 Å². The van der Waals surface area contributed by atoms with E-state index in [2.05, 4.69) is 27.2 Å². The molecular formula is C43H55N9O7. The highest BCUT2D eigenvalue weighted by Crippen LogP contribution is 2.28. The fourth-order valence-electron chi connectivity index (χ4n) is 7.02. The third-order valence-electron chi connectivity index (χ3n) is 9.91. The molecule has 5 aromatic rings. The summed E-state index contributed by atoms with van der Waals surface area (Å²) in [6.07, 6.45) is 4.00. The molecule has 7 rings (SSSR count). The number of carboxylic acid groups (broad SMARTS) is 1. The molecule has 2 fully saturated rings. The first-order chi connectivity index (χ1) is 28.0. The van der Waals surface area contributed by atoms with E-state index in [1.54, 1.807) is 32.1 Å². The predicted octanol–water partition coefficient (Wildman–Crippen LogP) is 5.44. The topological polar surface area (TPSA) is 171 Å². The van der Waals surface area contributed by atoms with Crippen molar-refractivity contribution in [1.29, 1.82) is 0 Å². The Hall–Kier alpha value is -6.32. The van der Waals surface area contributed by atoms with Crippen molar-refractivity contribution in [3.05, 3.63) is 111 Å². The van der Waals surface area contributed by atoms with Gasteiger partial charge in [0.15, 0.2) is 11.6 Å². The molecule has 2 aliphatic heterocycles. The van der Waals surface area contributed by atoms with E-state index in [0.29, 0.717) is 82.1 Å². The minimum absolute atomic E-state index is 0.0698. The molecular weight excluding hydrogens is 755 g/mol. The molecule has 0 spiro atoms. The van der Waals surface area contributed by atoms with Crippen molar-refractivity contribution >= 4 is 35.3 Å². The van der Waals surface area contributed by atoms with Gasteiger partial charge in [0, 0.05) is 95.8 Å². The number of amides is 2. The van der Waals surface area contributed by atoms with E-state index in [4.69, 9.17) is 14.6 Å². The lowest BCUT2D eigenvalue weighted by atomic mass is 10.0. The number of nitrogens with zero attached hydrogens (tertiary/aromatic N) is 8. The summed E-state index contributed by atoms with van der Waals surface area (Å²) in [6, 6.07) is 19.8. The number of aryl methyl sites for hydroxylation is 1. The van der Waals surface area contributed by atoms with Gasteiger partial charge in [-0.3, -0.25) is 9.89 Å². The first-order valence-corrected chi connectivity index (χ1v) is 19.9. The Balaban J connectivity index is 0.000000199. The molecule has 0 unspecified atom stereocenters. The molecule has 0 aliphatic carbocycles. The normalized spacial score (nSPS) is 14.8. The largest absolute Gasteiger partial charge is 0.477 e. The fraction of sp³-hybridized carbons (Fsp3) is 0.442. The Morgan fingerprint density at radius 1 is 0.678 bits per heavy atom. The molecule has 3 aromatic heterocycles. The predicted molar refractivity (Wildman–Crippen MR) is 225 cm³/mol. The molecule has 2 aliphatic rings. The van der Waals surface area contributed by atoms with Crippen molar-refractivity contribution in [2.45, 2.75) is 65.6 Å². The number of carbonyl (C=O) groups excluding carboxylic acids is 2. The number of anilines is 2. The van der Waals surface area contributed by atoms with E-state index in [9.17, 15) is 24.3 Å². The van der Waals surface area contributed by atoms with E-state index < -0.39 is 17.2 Å². The number of rotatable bonds is 7. The summed E-state index contributed by atoms with van der Waals surface area (Å²) < 4.78 is 14.2. The van der Waals surface area contributed by atoms with Crippen LogP contribution in [0.5, 0.6) is 0 Å². The van der Waals surface area contributed by atoms with Crippen molar-refractivity contribution in [2.24, 2.45) is 7.05 Å². The molecule has 16 nitrogen and oxygen atoms in total. The van der Waals surface area contributed by atoms with Crippen LogP contribution < -0.4 is 15.4 Å². The summed E-state index contributed by atoms with van der Waals surface area (Å²) in [5, 5.41) is 21.2. The highest BCUT2D eigenvalue weighted by Gasteiger charge is 2.31. The number of ether oxygens (including phenoxy) is 2. The molecule has 0 atom stereocenters. The van der Waals surface area contributed by atoms with Gasteiger partial charge in [0.2, 0.25) is 0 Å². The van der Waals surface area contributed by atoms with Gasteiger partial charge in [0.05, 0.1) is 0 Å². The van der Waals surface area contributed by atoms with Crippen LogP contribution in [0.1, 0.15) is 74.3 Å². The number of H-pyrrole nitrogens is 1. The number of benzene rings is 2. The SMILES string of the molecule is CC(C)(C)OC(=O)N1CCN(c2n[nH]c(C(=O)O)c2Cc2ccccc2)CC1.Cn1ccn2nc(N3CCN(C(=O)OC(C)(C)C)CC3)c(Cc3ccccc3)c2c1=O. The molecule has 0 bridgehead atoms. The van der Waals surface area contributed by atoms with E-state index in [1.807, 2.05) is 101 Å². The van der Waals surface area contributed by atoms with Gasteiger partial charge in [-0.25, -0.2) is 18.9 Å². The number of hydrogen-bond donors (Lipinski definition) is 2. The summed E-state index contributed by atoms with van der Waals surface area (Å²) in [4.78, 5) is 56.8. The number of fused-ring (bicyclic) bond motifs is 1. The third kappa shape index (κ3) is 10.6. The number of nitrogens with one attached hydrogen (secondary N) is 1. The first-order valence-electron chi connectivity index (χ1n) is 19.9. The zero-order chi connectivity index (χ0) is 42.5. The van der Waals surface area contributed by atoms with Gasteiger partial charge in [0.25, 0.3) is 5.56 Å². The fourth-order valence-corrected chi connectivity index (χ4v) is 7.02. The summed E-state index contributed by atoms with van der Waals surface area (Å²) in [5.74, 6) is 0.401. The van der Waals surface area contributed by atoms with Gasteiger partial charge in [-0.2, -0.15) is 5.10 Å². The highest BCUT2D eigenvalue weighted by atomic mass is 16.6. The molecule has 2 amide bonds. The Morgan fingerprint density at radius 3 is 1.59 bits per heavy atom. The van der Waals surface area contributed by atoms with Gasteiger partial charge < -0.3 is 38.7 Å². The second-order valence-electron chi connectivity index (χ2n) is 16.7. The van der Waals surface area contributed by atoms with E-state index >= 15 is 0 Å². The summed E-state index contributed by atoms with van der Waals surface area (Å²) in [5.41, 5.74) is 3.29. The number of aromatic carboxylic acids is 1. The molecule has 314 valence electrons. The van der Waals surface area contributed by atoms with Crippen LogP contribution in [0, 0.1) is 0 Å². The van der Waals surface area contributed by atoms with Crippen molar-refractivity contribution < 1.29 is 29.0 Å². The summed E-state index contributed by atoms with van der Waals surface area (Å²) >= 11 is 0. The van der Waals surface area contributed by atoms with Crippen molar-refractivity contribution in [3.63, 3.8) is 0 Å². The minimum Gasteiger partial charge on any atom is -0.477 e. The maximum absolute atomic E-state index is 12.9. The van der Waals surface area contributed by atoms with Crippen molar-refractivity contribution in [1.82, 2.24) is 34.2 Å². The highest BCUT2D eigenvalue weighted by molar-refractivity contribution is 5.89. The smallest absolute Gasteiger partial charge is 0.410 e. The first kappa shape index (κ1) is 42.3. The molecule has 16 heteroatoms. The summed E-state index contributed by atoms with van der Waals surface area (Å²) in [6.45, 7) is 15.6. The third-order valence-corrected chi connectivity index (χ3v) is 9.91. The van der Waals surface area contributed by atoms with Gasteiger partial charge in [-0.1, -0.05) is 60.7 Å². The minimum atomic E-state index is -1.03. The number of piperazine rings is 2. The molecule has 0 radical (unpaired) electrons. The van der Waals surface area contributed by atoms with Gasteiger partial charge >= 0.3 is 18.2 Å². The van der Waals surface area contributed by atoms with Gasteiger partial charge in [-0.05, 0) is 52.7 Å². The van der Waals surface area contributed by atoms with Crippen molar-refractivity contribution in [3.8, 4) is 0 Å².